The lowest BCUT2D eigenvalue weighted by Gasteiger charge is -2.19. The van der Waals surface area contributed by atoms with Crippen molar-refractivity contribution in [2.24, 2.45) is 5.73 Å². The summed E-state index contributed by atoms with van der Waals surface area (Å²) in [7, 11) is 1.79. The third-order valence-electron chi connectivity index (χ3n) is 1.95. The lowest BCUT2D eigenvalue weighted by Crippen LogP contribution is -2.32. The predicted octanol–water partition coefficient (Wildman–Crippen LogP) is 1.43. The van der Waals surface area contributed by atoms with E-state index in [-0.39, 0.29) is 0 Å². The van der Waals surface area contributed by atoms with E-state index >= 15 is 0 Å². The van der Waals surface area contributed by atoms with Crippen molar-refractivity contribution in [2.45, 2.75) is 6.42 Å². The summed E-state index contributed by atoms with van der Waals surface area (Å²) in [5.41, 5.74) is 7.33. The summed E-state index contributed by atoms with van der Waals surface area (Å²) < 4.78 is 0. The highest BCUT2D eigenvalue weighted by molar-refractivity contribution is 7.80. The van der Waals surface area contributed by atoms with Crippen molar-refractivity contribution >= 4 is 23.0 Å². The molecule has 0 aliphatic heterocycles. The summed E-state index contributed by atoms with van der Waals surface area (Å²) in [6.07, 6.45) is 0.364. The van der Waals surface area contributed by atoms with Gasteiger partial charge < -0.3 is 10.6 Å². The number of para-hydroxylation sites is 1. The van der Waals surface area contributed by atoms with Crippen molar-refractivity contribution in [3.63, 3.8) is 0 Å². The van der Waals surface area contributed by atoms with Crippen LogP contribution in [0.4, 0.5) is 5.69 Å². The molecule has 0 amide bonds. The number of benzene rings is 1. The second-order valence-corrected chi connectivity index (χ2v) is 3.28. The predicted molar refractivity (Wildman–Crippen MR) is 60.9 cm³/mol. The number of hydrogen-bond acceptors (Lipinski definition) is 2. The molecule has 0 radical (unpaired) electrons. The van der Waals surface area contributed by atoms with Gasteiger partial charge in [0.2, 0.25) is 0 Å². The van der Waals surface area contributed by atoms with E-state index in [9.17, 15) is 0 Å². The molecule has 0 aliphatic carbocycles. The first-order chi connectivity index (χ1) is 6.66. The summed E-state index contributed by atoms with van der Waals surface area (Å²) in [4.78, 5) is 1.70. The molecule has 0 fully saturated rings. The minimum absolute atomic E-state index is 0.301. The molecule has 0 aliphatic rings. The Hall–Kier alpha value is -1.60. The van der Waals surface area contributed by atoms with Crippen LogP contribution in [0, 0.1) is 11.3 Å². The minimum Gasteiger partial charge on any atom is -0.376 e. The molecule has 0 spiro atoms. The number of nitrogens with zero attached hydrogens (tertiary/aromatic N) is 2. The van der Waals surface area contributed by atoms with Crippen molar-refractivity contribution in [2.75, 3.05) is 11.9 Å². The van der Waals surface area contributed by atoms with Crippen LogP contribution < -0.4 is 10.6 Å². The Morgan fingerprint density at radius 1 is 1.57 bits per heavy atom. The molecule has 0 bridgehead atoms. The number of rotatable bonds is 2. The molecular weight excluding hydrogens is 194 g/mol. The highest BCUT2D eigenvalue weighted by atomic mass is 32.1. The molecule has 1 aromatic carbocycles. The van der Waals surface area contributed by atoms with Gasteiger partial charge in [-0.1, -0.05) is 18.2 Å². The maximum atomic E-state index is 8.63. The van der Waals surface area contributed by atoms with Gasteiger partial charge in [-0.25, -0.2) is 0 Å². The summed E-state index contributed by atoms with van der Waals surface area (Å²) in [6.45, 7) is 0. The molecule has 0 atom stereocenters. The SMILES string of the molecule is CN(C(N)=S)c1ccccc1CC#N. The van der Waals surface area contributed by atoms with Gasteiger partial charge in [0.25, 0.3) is 0 Å². The Kier molecular flexibility index (Phi) is 3.43. The van der Waals surface area contributed by atoms with E-state index in [0.29, 0.717) is 11.5 Å². The molecule has 0 heterocycles. The van der Waals surface area contributed by atoms with E-state index in [1.165, 1.54) is 0 Å². The van der Waals surface area contributed by atoms with Crippen LogP contribution >= 0.6 is 12.2 Å². The van der Waals surface area contributed by atoms with Crippen LogP contribution in [-0.4, -0.2) is 12.2 Å². The van der Waals surface area contributed by atoms with Crippen molar-refractivity contribution in [3.8, 4) is 6.07 Å². The zero-order valence-electron chi connectivity index (χ0n) is 7.90. The first-order valence-electron chi connectivity index (χ1n) is 4.15. The quantitative estimate of drug-likeness (QED) is 0.742. The van der Waals surface area contributed by atoms with Crippen LogP contribution in [-0.2, 0) is 6.42 Å². The van der Waals surface area contributed by atoms with Gasteiger partial charge in [0.1, 0.15) is 0 Å². The molecule has 1 aromatic rings. The standard InChI is InChI=1S/C10H11N3S/c1-13(10(12)14)9-5-3-2-4-8(9)6-7-11/h2-5H,6H2,1H3,(H2,12,14). The summed E-state index contributed by atoms with van der Waals surface area (Å²) in [6, 6.07) is 9.68. The van der Waals surface area contributed by atoms with Crippen molar-refractivity contribution in [1.82, 2.24) is 0 Å². The van der Waals surface area contributed by atoms with Gasteiger partial charge >= 0.3 is 0 Å². The Bertz CT molecular complexity index is 381. The smallest absolute Gasteiger partial charge is 0.170 e. The summed E-state index contributed by atoms with van der Waals surface area (Å²) in [5, 5.41) is 8.93. The molecule has 1 rings (SSSR count). The molecular formula is C10H11N3S. The molecule has 3 nitrogen and oxygen atoms in total. The zero-order chi connectivity index (χ0) is 10.6. The normalized spacial score (nSPS) is 9.14. The van der Waals surface area contributed by atoms with Gasteiger partial charge in [0.05, 0.1) is 12.5 Å². The average Bonchev–Trinajstić information content (AvgIpc) is 2.18. The topological polar surface area (TPSA) is 53.0 Å². The summed E-state index contributed by atoms with van der Waals surface area (Å²) in [5.74, 6) is 0. The van der Waals surface area contributed by atoms with Gasteiger partial charge in [0, 0.05) is 12.7 Å². The maximum absolute atomic E-state index is 8.63. The molecule has 14 heavy (non-hydrogen) atoms. The third kappa shape index (κ3) is 2.21. The van der Waals surface area contributed by atoms with Crippen LogP contribution in [0.25, 0.3) is 0 Å². The molecule has 72 valence electrons. The second kappa shape index (κ2) is 4.58. The van der Waals surface area contributed by atoms with E-state index in [0.717, 1.165) is 11.3 Å². The Morgan fingerprint density at radius 2 is 2.21 bits per heavy atom. The fourth-order valence-electron chi connectivity index (χ4n) is 1.19. The van der Waals surface area contributed by atoms with Gasteiger partial charge in [-0.2, -0.15) is 5.26 Å². The van der Waals surface area contributed by atoms with Gasteiger partial charge in [-0.3, -0.25) is 0 Å². The minimum atomic E-state index is 0.301. The molecule has 2 N–H and O–H groups in total. The van der Waals surface area contributed by atoms with Crippen LogP contribution in [0.1, 0.15) is 5.56 Å². The lowest BCUT2D eigenvalue weighted by molar-refractivity contribution is 1.18. The highest BCUT2D eigenvalue weighted by Crippen LogP contribution is 2.19. The molecule has 0 unspecified atom stereocenters. The molecule has 4 heteroatoms. The third-order valence-corrected chi connectivity index (χ3v) is 2.23. The Labute approximate surface area is 88.7 Å². The largest absolute Gasteiger partial charge is 0.376 e. The van der Waals surface area contributed by atoms with Gasteiger partial charge in [-0.05, 0) is 23.8 Å². The first-order valence-corrected chi connectivity index (χ1v) is 4.55. The Morgan fingerprint density at radius 3 is 2.79 bits per heavy atom. The van der Waals surface area contributed by atoms with Crippen LogP contribution in [0.15, 0.2) is 24.3 Å². The molecule has 0 saturated carbocycles. The number of nitrogens with two attached hydrogens (primary N) is 1. The van der Waals surface area contributed by atoms with E-state index in [1.54, 1.807) is 11.9 Å². The van der Waals surface area contributed by atoms with Crippen LogP contribution in [0.2, 0.25) is 0 Å². The van der Waals surface area contributed by atoms with Crippen molar-refractivity contribution in [1.29, 1.82) is 5.26 Å². The maximum Gasteiger partial charge on any atom is 0.170 e. The average molecular weight is 205 g/mol. The van der Waals surface area contributed by atoms with E-state index in [1.807, 2.05) is 24.3 Å². The fourth-order valence-corrected chi connectivity index (χ4v) is 1.29. The monoisotopic (exact) mass is 205 g/mol. The number of hydrogen-bond donors (Lipinski definition) is 1. The molecule has 0 aromatic heterocycles. The lowest BCUT2D eigenvalue weighted by atomic mass is 10.1. The summed E-state index contributed by atoms with van der Waals surface area (Å²) >= 11 is 4.86. The zero-order valence-corrected chi connectivity index (χ0v) is 8.71. The first kappa shape index (κ1) is 10.5. The van der Waals surface area contributed by atoms with Gasteiger partial charge in [-0.15, -0.1) is 0 Å². The van der Waals surface area contributed by atoms with E-state index in [2.05, 4.69) is 6.07 Å². The van der Waals surface area contributed by atoms with Crippen LogP contribution in [0.3, 0.4) is 0 Å². The van der Waals surface area contributed by atoms with E-state index < -0.39 is 0 Å². The van der Waals surface area contributed by atoms with Crippen LogP contribution in [0.5, 0.6) is 0 Å². The van der Waals surface area contributed by atoms with Crippen molar-refractivity contribution in [3.05, 3.63) is 29.8 Å². The number of thiocarbonyl (C=S) groups is 1. The number of anilines is 1. The number of nitriles is 1. The highest BCUT2D eigenvalue weighted by Gasteiger charge is 2.07. The second-order valence-electron chi connectivity index (χ2n) is 2.86. The van der Waals surface area contributed by atoms with Crippen molar-refractivity contribution < 1.29 is 0 Å². The molecule has 0 saturated heterocycles. The van der Waals surface area contributed by atoms with E-state index in [4.69, 9.17) is 23.2 Å². The Balaban J connectivity index is 3.07. The fraction of sp³-hybridized carbons (Fsp3) is 0.200. The van der Waals surface area contributed by atoms with Gasteiger partial charge in [0.15, 0.2) is 5.11 Å².